The van der Waals surface area contributed by atoms with Gasteiger partial charge in [0, 0.05) is 35.1 Å². The van der Waals surface area contributed by atoms with E-state index in [1.165, 1.54) is 22.9 Å². The summed E-state index contributed by atoms with van der Waals surface area (Å²) in [5.41, 5.74) is 1.73. The van der Waals surface area contributed by atoms with Gasteiger partial charge in [0.1, 0.15) is 17.3 Å². The number of aromatic amines is 1. The first-order valence-electron chi connectivity index (χ1n) is 8.82. The Balaban J connectivity index is 1.59. The van der Waals surface area contributed by atoms with E-state index < -0.39 is 17.2 Å². The van der Waals surface area contributed by atoms with Crippen molar-refractivity contribution in [1.82, 2.24) is 24.5 Å². The highest BCUT2D eigenvalue weighted by atomic mass is 19.1. The smallest absolute Gasteiger partial charge is 0.269 e. The normalized spacial score (nSPS) is 11.4. The Morgan fingerprint density at radius 2 is 1.79 bits per heavy atom. The second-order valence-electron chi connectivity index (χ2n) is 6.59. The van der Waals surface area contributed by atoms with Gasteiger partial charge < -0.3 is 4.98 Å². The summed E-state index contributed by atoms with van der Waals surface area (Å²) in [6, 6.07) is 9.42. The van der Waals surface area contributed by atoms with Crippen LogP contribution in [-0.4, -0.2) is 24.5 Å². The third-order valence-corrected chi connectivity index (χ3v) is 4.81. The highest BCUT2D eigenvalue weighted by Crippen LogP contribution is 2.27. The number of nitrogens with one attached hydrogen (secondary N) is 1. The Morgan fingerprint density at radius 3 is 2.62 bits per heavy atom. The molecule has 0 saturated heterocycles. The summed E-state index contributed by atoms with van der Waals surface area (Å²) in [5, 5.41) is 0.842. The van der Waals surface area contributed by atoms with Gasteiger partial charge in [-0.25, -0.2) is 23.7 Å². The number of aromatic nitrogens is 5. The zero-order valence-corrected chi connectivity index (χ0v) is 14.9. The molecule has 0 saturated carbocycles. The van der Waals surface area contributed by atoms with Crippen molar-refractivity contribution in [2.75, 3.05) is 0 Å². The maximum Gasteiger partial charge on any atom is 0.269 e. The van der Waals surface area contributed by atoms with Crippen molar-refractivity contribution in [3.63, 3.8) is 0 Å². The van der Waals surface area contributed by atoms with Crippen molar-refractivity contribution < 1.29 is 8.78 Å². The number of rotatable bonds is 3. The first kappa shape index (κ1) is 17.2. The largest absolute Gasteiger partial charge is 0.346 e. The first-order chi connectivity index (χ1) is 14.1. The van der Waals surface area contributed by atoms with Crippen LogP contribution in [0, 0.1) is 11.6 Å². The van der Waals surface area contributed by atoms with Gasteiger partial charge in [0.25, 0.3) is 5.56 Å². The Morgan fingerprint density at radius 1 is 0.966 bits per heavy atom. The van der Waals surface area contributed by atoms with Gasteiger partial charge in [0.15, 0.2) is 5.65 Å². The average Bonchev–Trinajstić information content (AvgIpc) is 3.19. The average molecular weight is 389 g/mol. The summed E-state index contributed by atoms with van der Waals surface area (Å²) in [6.07, 6.45) is 5.93. The SMILES string of the molecule is O=c1cnc2ncccc2n1Cc1c(F)cc(-c2cnc3[nH]ccc3c2)cc1F. The minimum atomic E-state index is -0.741. The van der Waals surface area contributed by atoms with Gasteiger partial charge in [0.2, 0.25) is 0 Å². The van der Waals surface area contributed by atoms with Gasteiger partial charge in [0.05, 0.1) is 18.3 Å². The molecule has 0 aliphatic heterocycles. The molecule has 29 heavy (non-hydrogen) atoms. The molecule has 4 aromatic heterocycles. The molecule has 6 nitrogen and oxygen atoms in total. The molecule has 142 valence electrons. The lowest BCUT2D eigenvalue weighted by Gasteiger charge is -2.12. The first-order valence-corrected chi connectivity index (χ1v) is 8.82. The van der Waals surface area contributed by atoms with Crippen LogP contribution in [0.2, 0.25) is 0 Å². The van der Waals surface area contributed by atoms with Crippen LogP contribution in [0.5, 0.6) is 0 Å². The number of H-pyrrole nitrogens is 1. The predicted molar refractivity (Wildman–Crippen MR) is 104 cm³/mol. The lowest BCUT2D eigenvalue weighted by atomic mass is 10.0. The Bertz CT molecular complexity index is 1420. The molecular formula is C21H13F2N5O. The summed E-state index contributed by atoms with van der Waals surface area (Å²) in [6.45, 7) is -0.267. The predicted octanol–water partition coefficient (Wildman–Crippen LogP) is 3.66. The van der Waals surface area contributed by atoms with Gasteiger partial charge in [-0.1, -0.05) is 0 Å². The van der Waals surface area contributed by atoms with Gasteiger partial charge in [-0.2, -0.15) is 0 Å². The number of pyridine rings is 2. The van der Waals surface area contributed by atoms with Crippen LogP contribution >= 0.6 is 0 Å². The quantitative estimate of drug-likeness (QED) is 0.511. The van der Waals surface area contributed by atoms with Crippen molar-refractivity contribution in [2.24, 2.45) is 0 Å². The van der Waals surface area contributed by atoms with Crippen LogP contribution in [0.25, 0.3) is 33.3 Å². The number of benzene rings is 1. The second-order valence-corrected chi connectivity index (χ2v) is 6.59. The molecule has 0 bridgehead atoms. The van der Waals surface area contributed by atoms with E-state index in [0.717, 1.165) is 11.6 Å². The van der Waals surface area contributed by atoms with Crippen molar-refractivity contribution in [1.29, 1.82) is 0 Å². The third-order valence-electron chi connectivity index (χ3n) is 4.81. The molecular weight excluding hydrogens is 376 g/mol. The molecule has 0 atom stereocenters. The summed E-state index contributed by atoms with van der Waals surface area (Å²) in [5.74, 6) is -1.48. The van der Waals surface area contributed by atoms with E-state index in [4.69, 9.17) is 0 Å². The van der Waals surface area contributed by atoms with E-state index in [0.29, 0.717) is 27.9 Å². The fraction of sp³-hybridized carbons (Fsp3) is 0.0476. The lowest BCUT2D eigenvalue weighted by molar-refractivity contribution is 0.545. The number of halogens is 2. The van der Waals surface area contributed by atoms with Crippen molar-refractivity contribution >= 4 is 22.2 Å². The molecule has 0 aliphatic rings. The number of hydrogen-bond donors (Lipinski definition) is 1. The van der Waals surface area contributed by atoms with E-state index in [1.807, 2.05) is 6.07 Å². The molecule has 5 aromatic rings. The second kappa shape index (κ2) is 6.59. The van der Waals surface area contributed by atoms with Crippen molar-refractivity contribution in [3.8, 4) is 11.1 Å². The third kappa shape index (κ3) is 2.94. The van der Waals surface area contributed by atoms with Crippen LogP contribution < -0.4 is 5.56 Å². The molecule has 0 spiro atoms. The monoisotopic (exact) mass is 389 g/mol. The molecule has 0 unspecified atom stereocenters. The zero-order valence-electron chi connectivity index (χ0n) is 14.9. The minimum absolute atomic E-state index is 0.206. The van der Waals surface area contributed by atoms with Gasteiger partial charge in [-0.3, -0.25) is 9.36 Å². The molecule has 5 rings (SSSR count). The number of hydrogen-bond acceptors (Lipinski definition) is 4. The Labute approximate surface area is 162 Å². The number of nitrogens with zero attached hydrogens (tertiary/aromatic N) is 4. The van der Waals surface area contributed by atoms with E-state index in [-0.39, 0.29) is 12.1 Å². The van der Waals surface area contributed by atoms with Crippen LogP contribution in [-0.2, 0) is 6.54 Å². The molecule has 0 fully saturated rings. The molecule has 4 heterocycles. The maximum atomic E-state index is 14.9. The minimum Gasteiger partial charge on any atom is -0.346 e. The fourth-order valence-corrected chi connectivity index (χ4v) is 3.34. The Kier molecular flexibility index (Phi) is 3.90. The number of fused-ring (bicyclic) bond motifs is 2. The highest BCUT2D eigenvalue weighted by Gasteiger charge is 2.16. The van der Waals surface area contributed by atoms with Gasteiger partial charge >= 0.3 is 0 Å². The highest BCUT2D eigenvalue weighted by molar-refractivity contribution is 5.81. The molecule has 0 radical (unpaired) electrons. The molecule has 1 aromatic carbocycles. The van der Waals surface area contributed by atoms with Crippen LogP contribution in [0.1, 0.15) is 5.56 Å². The molecule has 0 amide bonds. The summed E-state index contributed by atoms with van der Waals surface area (Å²) in [7, 11) is 0. The summed E-state index contributed by atoms with van der Waals surface area (Å²) < 4.78 is 31.0. The summed E-state index contributed by atoms with van der Waals surface area (Å²) >= 11 is 0. The maximum absolute atomic E-state index is 14.9. The fourth-order valence-electron chi connectivity index (χ4n) is 3.34. The van der Waals surface area contributed by atoms with E-state index >= 15 is 0 Å². The summed E-state index contributed by atoms with van der Waals surface area (Å²) in [4.78, 5) is 27.5. The Hall–Kier alpha value is -3.94. The molecule has 1 N–H and O–H groups in total. The van der Waals surface area contributed by atoms with Crippen LogP contribution in [0.15, 0.2) is 66.0 Å². The van der Waals surface area contributed by atoms with Crippen molar-refractivity contribution in [3.05, 3.63) is 88.7 Å². The van der Waals surface area contributed by atoms with Crippen LogP contribution in [0.3, 0.4) is 0 Å². The van der Waals surface area contributed by atoms with Gasteiger partial charge in [-0.05, 0) is 42.0 Å². The molecule has 8 heteroatoms. The lowest BCUT2D eigenvalue weighted by Crippen LogP contribution is -2.22. The molecule has 0 aliphatic carbocycles. The van der Waals surface area contributed by atoms with E-state index in [9.17, 15) is 13.6 Å². The standard InChI is InChI=1S/C21H13F2N5O/c22-16-7-13(14-6-12-3-5-25-20(12)26-9-14)8-17(23)15(16)11-28-18-2-1-4-24-21(18)27-10-19(28)29/h1-10H,11H2,(H,25,26). The topological polar surface area (TPSA) is 76.5 Å². The van der Waals surface area contributed by atoms with E-state index in [1.54, 1.807) is 30.6 Å². The van der Waals surface area contributed by atoms with Crippen molar-refractivity contribution in [2.45, 2.75) is 6.54 Å². The zero-order chi connectivity index (χ0) is 20.0. The van der Waals surface area contributed by atoms with Crippen LogP contribution in [0.4, 0.5) is 8.78 Å². The van der Waals surface area contributed by atoms with Gasteiger partial charge in [-0.15, -0.1) is 0 Å². The van der Waals surface area contributed by atoms with E-state index in [2.05, 4.69) is 19.9 Å².